The van der Waals surface area contributed by atoms with Crippen molar-refractivity contribution in [3.63, 3.8) is 0 Å². The molecule has 0 aliphatic heterocycles. The SMILES string of the molecule is CCC1=CC(F)C(C)(F)C=C1. The Morgan fingerprint density at radius 3 is 2.73 bits per heavy atom. The van der Waals surface area contributed by atoms with Crippen LogP contribution >= 0.6 is 0 Å². The maximum absolute atomic E-state index is 13.1. The molecular formula is C9H12F2. The van der Waals surface area contributed by atoms with E-state index in [4.69, 9.17) is 0 Å². The van der Waals surface area contributed by atoms with Gasteiger partial charge in [0.15, 0.2) is 11.8 Å². The Morgan fingerprint density at radius 1 is 1.64 bits per heavy atom. The number of alkyl halides is 2. The summed E-state index contributed by atoms with van der Waals surface area (Å²) in [6, 6.07) is 0. The van der Waals surface area contributed by atoms with Crippen LogP contribution in [0.4, 0.5) is 8.78 Å². The van der Waals surface area contributed by atoms with E-state index in [1.54, 1.807) is 6.08 Å². The lowest BCUT2D eigenvalue weighted by Gasteiger charge is -2.22. The van der Waals surface area contributed by atoms with E-state index < -0.39 is 11.8 Å². The van der Waals surface area contributed by atoms with Gasteiger partial charge in [0, 0.05) is 0 Å². The van der Waals surface area contributed by atoms with Crippen molar-refractivity contribution < 1.29 is 8.78 Å². The zero-order valence-corrected chi connectivity index (χ0v) is 6.77. The molecule has 11 heavy (non-hydrogen) atoms. The highest BCUT2D eigenvalue weighted by Gasteiger charge is 2.32. The van der Waals surface area contributed by atoms with Crippen molar-refractivity contribution in [2.45, 2.75) is 32.1 Å². The zero-order chi connectivity index (χ0) is 8.48. The van der Waals surface area contributed by atoms with Crippen LogP contribution < -0.4 is 0 Å². The minimum Gasteiger partial charge on any atom is -0.239 e. The highest BCUT2D eigenvalue weighted by atomic mass is 19.2. The fourth-order valence-corrected chi connectivity index (χ4v) is 1.00. The van der Waals surface area contributed by atoms with Crippen LogP contribution in [-0.4, -0.2) is 11.8 Å². The van der Waals surface area contributed by atoms with Gasteiger partial charge in [0.2, 0.25) is 0 Å². The van der Waals surface area contributed by atoms with Crippen LogP contribution in [0.2, 0.25) is 0 Å². The molecule has 2 heteroatoms. The van der Waals surface area contributed by atoms with Gasteiger partial charge in [0.05, 0.1) is 0 Å². The zero-order valence-electron chi connectivity index (χ0n) is 6.77. The largest absolute Gasteiger partial charge is 0.239 e. The first-order chi connectivity index (χ1) is 5.06. The summed E-state index contributed by atoms with van der Waals surface area (Å²) in [6.45, 7) is 3.17. The van der Waals surface area contributed by atoms with Gasteiger partial charge in [0.1, 0.15) is 0 Å². The van der Waals surface area contributed by atoms with Crippen LogP contribution in [0.3, 0.4) is 0 Å². The summed E-state index contributed by atoms with van der Waals surface area (Å²) in [5, 5.41) is 0. The lowest BCUT2D eigenvalue weighted by Crippen LogP contribution is -2.29. The maximum atomic E-state index is 13.1. The minimum absolute atomic E-state index is 0.757. The molecule has 1 aliphatic carbocycles. The summed E-state index contributed by atoms with van der Waals surface area (Å²) in [6.07, 6.45) is 3.56. The first kappa shape index (κ1) is 8.44. The van der Waals surface area contributed by atoms with Crippen molar-refractivity contribution in [3.8, 4) is 0 Å². The Hall–Kier alpha value is -0.660. The Bertz CT molecular complexity index is 202. The monoisotopic (exact) mass is 158 g/mol. The molecule has 0 radical (unpaired) electrons. The molecule has 0 nitrogen and oxygen atoms in total. The van der Waals surface area contributed by atoms with Crippen molar-refractivity contribution in [1.29, 1.82) is 0 Å². The predicted octanol–water partition coefficient (Wildman–Crippen LogP) is 2.96. The van der Waals surface area contributed by atoms with Gasteiger partial charge in [-0.2, -0.15) is 0 Å². The second-order valence-corrected chi connectivity index (χ2v) is 2.98. The first-order valence-corrected chi connectivity index (χ1v) is 3.79. The Labute approximate surface area is 65.6 Å². The molecule has 1 aliphatic rings. The van der Waals surface area contributed by atoms with Crippen LogP contribution in [0.15, 0.2) is 23.8 Å². The highest BCUT2D eigenvalue weighted by Crippen LogP contribution is 2.28. The average Bonchev–Trinajstić information content (AvgIpc) is 1.95. The van der Waals surface area contributed by atoms with Gasteiger partial charge in [-0.15, -0.1) is 0 Å². The molecule has 0 amide bonds. The molecule has 0 heterocycles. The molecule has 2 unspecified atom stereocenters. The number of hydrogen-bond acceptors (Lipinski definition) is 0. The molecule has 1 rings (SSSR count). The third kappa shape index (κ3) is 1.67. The molecule has 0 aromatic heterocycles. The summed E-state index contributed by atoms with van der Waals surface area (Å²) in [4.78, 5) is 0. The van der Waals surface area contributed by atoms with Crippen LogP contribution in [-0.2, 0) is 0 Å². The molecule has 0 bridgehead atoms. The fraction of sp³-hybridized carbons (Fsp3) is 0.556. The number of allylic oxidation sites excluding steroid dienone is 4. The topological polar surface area (TPSA) is 0 Å². The molecule has 62 valence electrons. The standard InChI is InChI=1S/C9H12F2/c1-3-7-4-5-9(2,11)8(10)6-7/h4-6,8H,3H2,1-2H3. The third-order valence-electron chi connectivity index (χ3n) is 1.93. The van der Waals surface area contributed by atoms with Gasteiger partial charge < -0.3 is 0 Å². The lowest BCUT2D eigenvalue weighted by atomic mass is 9.93. The molecule has 0 aromatic rings. The quantitative estimate of drug-likeness (QED) is 0.550. The minimum atomic E-state index is -1.81. The van der Waals surface area contributed by atoms with Gasteiger partial charge >= 0.3 is 0 Å². The van der Waals surface area contributed by atoms with Gasteiger partial charge in [-0.05, 0) is 31.1 Å². The van der Waals surface area contributed by atoms with Crippen molar-refractivity contribution in [2.75, 3.05) is 0 Å². The summed E-state index contributed by atoms with van der Waals surface area (Å²) >= 11 is 0. The molecular weight excluding hydrogens is 146 g/mol. The predicted molar refractivity (Wildman–Crippen MR) is 41.9 cm³/mol. The van der Waals surface area contributed by atoms with E-state index in [9.17, 15) is 8.78 Å². The highest BCUT2D eigenvalue weighted by molar-refractivity contribution is 5.30. The Morgan fingerprint density at radius 2 is 2.27 bits per heavy atom. The number of halogens is 2. The van der Waals surface area contributed by atoms with Crippen molar-refractivity contribution >= 4 is 0 Å². The van der Waals surface area contributed by atoms with Gasteiger partial charge in [0.25, 0.3) is 0 Å². The van der Waals surface area contributed by atoms with E-state index in [0.29, 0.717) is 0 Å². The molecule has 0 N–H and O–H groups in total. The van der Waals surface area contributed by atoms with Crippen molar-refractivity contribution in [2.24, 2.45) is 0 Å². The first-order valence-electron chi connectivity index (χ1n) is 3.79. The normalized spacial score (nSPS) is 37.1. The van der Waals surface area contributed by atoms with E-state index in [1.807, 2.05) is 6.92 Å². The Kier molecular flexibility index (Phi) is 2.12. The molecule has 0 saturated carbocycles. The molecule has 0 saturated heterocycles. The maximum Gasteiger partial charge on any atom is 0.161 e. The number of rotatable bonds is 1. The van der Waals surface area contributed by atoms with Crippen molar-refractivity contribution in [1.82, 2.24) is 0 Å². The third-order valence-corrected chi connectivity index (χ3v) is 1.93. The van der Waals surface area contributed by atoms with Crippen LogP contribution in [0.5, 0.6) is 0 Å². The number of hydrogen-bond donors (Lipinski definition) is 0. The molecule has 2 atom stereocenters. The van der Waals surface area contributed by atoms with E-state index in [0.717, 1.165) is 12.0 Å². The summed E-state index contributed by atoms with van der Waals surface area (Å²) < 4.78 is 26.0. The molecule has 0 fully saturated rings. The Balaban J connectivity index is 2.80. The lowest BCUT2D eigenvalue weighted by molar-refractivity contribution is 0.143. The van der Waals surface area contributed by atoms with Crippen LogP contribution in [0.1, 0.15) is 20.3 Å². The van der Waals surface area contributed by atoms with Gasteiger partial charge in [-0.25, -0.2) is 8.78 Å². The molecule has 0 spiro atoms. The average molecular weight is 158 g/mol. The van der Waals surface area contributed by atoms with Crippen molar-refractivity contribution in [3.05, 3.63) is 23.8 Å². The van der Waals surface area contributed by atoms with Crippen LogP contribution in [0, 0.1) is 0 Å². The molecule has 0 aromatic carbocycles. The summed E-state index contributed by atoms with van der Waals surface area (Å²) in [5.74, 6) is 0. The van der Waals surface area contributed by atoms with E-state index in [2.05, 4.69) is 0 Å². The second-order valence-electron chi connectivity index (χ2n) is 2.98. The van der Waals surface area contributed by atoms with E-state index >= 15 is 0 Å². The summed E-state index contributed by atoms with van der Waals surface area (Å²) in [5.41, 5.74) is -0.939. The van der Waals surface area contributed by atoms with Gasteiger partial charge in [-0.1, -0.05) is 13.0 Å². The second kappa shape index (κ2) is 2.76. The summed E-state index contributed by atoms with van der Waals surface area (Å²) in [7, 11) is 0. The van der Waals surface area contributed by atoms with E-state index in [1.165, 1.54) is 19.1 Å². The van der Waals surface area contributed by atoms with Crippen LogP contribution in [0.25, 0.3) is 0 Å². The fourth-order valence-electron chi connectivity index (χ4n) is 1.00. The van der Waals surface area contributed by atoms with E-state index in [-0.39, 0.29) is 0 Å². The smallest absolute Gasteiger partial charge is 0.161 e. The van der Waals surface area contributed by atoms with Gasteiger partial charge in [-0.3, -0.25) is 0 Å².